The summed E-state index contributed by atoms with van der Waals surface area (Å²) in [7, 11) is 2.82. The van der Waals surface area contributed by atoms with Crippen molar-refractivity contribution in [3.8, 4) is 23.0 Å². The average Bonchev–Trinajstić information content (AvgIpc) is 3.30. The van der Waals surface area contributed by atoms with Crippen molar-refractivity contribution in [2.24, 2.45) is 4.99 Å². The van der Waals surface area contributed by atoms with Gasteiger partial charge in [0, 0.05) is 4.47 Å². The summed E-state index contributed by atoms with van der Waals surface area (Å²) in [4.78, 5) is 44.1. The number of ether oxygens (including phenoxy) is 6. The van der Waals surface area contributed by atoms with E-state index in [1.807, 2.05) is 13.8 Å². The zero-order chi connectivity index (χ0) is 32.0. The van der Waals surface area contributed by atoms with Gasteiger partial charge in [0.25, 0.3) is 5.56 Å². The van der Waals surface area contributed by atoms with Crippen molar-refractivity contribution >= 4 is 45.3 Å². The Morgan fingerprint density at radius 1 is 0.977 bits per heavy atom. The normalized spacial score (nSPS) is 14.4. The first-order valence-corrected chi connectivity index (χ1v) is 15.4. The Morgan fingerprint density at radius 2 is 1.68 bits per heavy atom. The van der Waals surface area contributed by atoms with E-state index in [0.717, 1.165) is 0 Å². The van der Waals surface area contributed by atoms with Crippen LogP contribution in [0.1, 0.15) is 44.9 Å². The highest BCUT2D eigenvalue weighted by Gasteiger charge is 2.34. The summed E-state index contributed by atoms with van der Waals surface area (Å²) in [6, 6.07) is 7.71. The van der Waals surface area contributed by atoms with E-state index < -0.39 is 18.0 Å². The lowest BCUT2D eigenvalue weighted by molar-refractivity contribution is -0.143. The number of allylic oxidation sites excluding steroid dienone is 1. The molecule has 0 saturated heterocycles. The van der Waals surface area contributed by atoms with Crippen LogP contribution in [0.2, 0.25) is 0 Å². The Bertz CT molecular complexity index is 1780. The van der Waals surface area contributed by atoms with Gasteiger partial charge < -0.3 is 28.4 Å². The minimum atomic E-state index is -0.875. The lowest BCUT2D eigenvalue weighted by Crippen LogP contribution is -2.40. The predicted octanol–water partition coefficient (Wildman–Crippen LogP) is 3.92. The fourth-order valence-electron chi connectivity index (χ4n) is 4.62. The van der Waals surface area contributed by atoms with Crippen LogP contribution in [0.4, 0.5) is 0 Å². The largest absolute Gasteiger partial charge is 0.493 e. The molecule has 1 aliphatic heterocycles. The molecular formula is C31H33BrN2O9S. The standard InChI is InChI=1S/C31H33BrN2O9S/c1-7-40-23-12-18(10-11-21(23)43-16-26(35)39-6)28-27(30(37)42-9-3)17(4)33-31-34(28)29(36)25(44-31)14-19-13-22(38-5)24(41-8-2)15-20(19)32/h10-15,28H,7-9,16H2,1-6H3/b25-14-/t28-/m1/s1. The molecule has 1 atom stereocenters. The topological polar surface area (TPSA) is 124 Å². The summed E-state index contributed by atoms with van der Waals surface area (Å²) in [6.45, 7) is 7.71. The lowest BCUT2D eigenvalue weighted by Gasteiger charge is -2.25. The van der Waals surface area contributed by atoms with Crippen LogP contribution in [0.25, 0.3) is 6.08 Å². The number of nitrogens with zero attached hydrogens (tertiary/aromatic N) is 2. The summed E-state index contributed by atoms with van der Waals surface area (Å²) in [5.74, 6) is 0.588. The number of hydrogen-bond donors (Lipinski definition) is 0. The van der Waals surface area contributed by atoms with E-state index in [-0.39, 0.29) is 24.3 Å². The van der Waals surface area contributed by atoms with Crippen molar-refractivity contribution in [3.63, 3.8) is 0 Å². The zero-order valence-electron chi connectivity index (χ0n) is 25.2. The van der Waals surface area contributed by atoms with Crippen LogP contribution < -0.4 is 33.8 Å². The van der Waals surface area contributed by atoms with E-state index in [2.05, 4.69) is 25.7 Å². The number of rotatable bonds is 12. The van der Waals surface area contributed by atoms with Crippen molar-refractivity contribution in [2.45, 2.75) is 33.7 Å². The van der Waals surface area contributed by atoms with Crippen molar-refractivity contribution in [3.05, 3.63) is 76.9 Å². The van der Waals surface area contributed by atoms with E-state index in [9.17, 15) is 14.4 Å². The molecule has 2 aromatic carbocycles. The van der Waals surface area contributed by atoms with Crippen molar-refractivity contribution < 1.29 is 38.0 Å². The third kappa shape index (κ3) is 6.83. The van der Waals surface area contributed by atoms with Crippen LogP contribution in [0.15, 0.2) is 55.9 Å². The summed E-state index contributed by atoms with van der Waals surface area (Å²) < 4.78 is 35.2. The van der Waals surface area contributed by atoms with Gasteiger partial charge in [0.2, 0.25) is 0 Å². The predicted molar refractivity (Wildman–Crippen MR) is 167 cm³/mol. The number of esters is 2. The van der Waals surface area contributed by atoms with Crippen molar-refractivity contribution in [1.29, 1.82) is 0 Å². The molecule has 11 nitrogen and oxygen atoms in total. The molecule has 0 radical (unpaired) electrons. The summed E-state index contributed by atoms with van der Waals surface area (Å²) in [6.07, 6.45) is 1.74. The van der Waals surface area contributed by atoms with E-state index >= 15 is 0 Å². The van der Waals surface area contributed by atoms with Crippen LogP contribution in [0.5, 0.6) is 23.0 Å². The smallest absolute Gasteiger partial charge is 0.343 e. The van der Waals surface area contributed by atoms with E-state index in [0.29, 0.717) is 66.8 Å². The van der Waals surface area contributed by atoms with Crippen LogP contribution in [0.3, 0.4) is 0 Å². The lowest BCUT2D eigenvalue weighted by atomic mass is 9.95. The number of methoxy groups -OCH3 is 2. The molecule has 1 aliphatic rings. The Labute approximate surface area is 266 Å². The van der Waals surface area contributed by atoms with Crippen LogP contribution in [0, 0.1) is 0 Å². The van der Waals surface area contributed by atoms with Gasteiger partial charge in [-0.25, -0.2) is 14.6 Å². The minimum absolute atomic E-state index is 0.144. The van der Waals surface area contributed by atoms with Gasteiger partial charge in [0.05, 0.1) is 55.9 Å². The number of fused-ring (bicyclic) bond motifs is 1. The number of carbonyl (C=O) groups excluding carboxylic acids is 2. The van der Waals surface area contributed by atoms with Gasteiger partial charge in [0.15, 0.2) is 34.4 Å². The second kappa shape index (κ2) is 14.6. The molecule has 2 heterocycles. The number of thiazole rings is 1. The highest BCUT2D eigenvalue weighted by Crippen LogP contribution is 2.37. The number of halogens is 1. The molecule has 0 fully saturated rings. The van der Waals surface area contributed by atoms with Crippen LogP contribution >= 0.6 is 27.3 Å². The Balaban J connectivity index is 1.91. The zero-order valence-corrected chi connectivity index (χ0v) is 27.6. The highest BCUT2D eigenvalue weighted by molar-refractivity contribution is 9.10. The Morgan fingerprint density at radius 3 is 2.32 bits per heavy atom. The van der Waals surface area contributed by atoms with Gasteiger partial charge in [-0.15, -0.1) is 0 Å². The van der Waals surface area contributed by atoms with Crippen molar-refractivity contribution in [2.75, 3.05) is 40.6 Å². The Hall–Kier alpha value is -4.10. The first kappa shape index (κ1) is 32.8. The maximum absolute atomic E-state index is 14.1. The molecule has 1 aromatic heterocycles. The number of hydrogen-bond acceptors (Lipinski definition) is 11. The summed E-state index contributed by atoms with van der Waals surface area (Å²) in [5, 5.41) is 0. The van der Waals surface area contributed by atoms with Gasteiger partial charge in [0.1, 0.15) is 0 Å². The molecule has 0 saturated carbocycles. The summed E-state index contributed by atoms with van der Waals surface area (Å²) >= 11 is 4.77. The van der Waals surface area contributed by atoms with E-state index in [1.54, 1.807) is 57.4 Å². The molecule has 13 heteroatoms. The SMILES string of the molecule is CCOC(=O)C1=C(C)N=c2s/c(=C\c3cc(OC)c(OCC)cc3Br)c(=O)n2[C@@H]1c1ccc(OCC(=O)OC)c(OCC)c1. The number of benzene rings is 2. The molecule has 4 rings (SSSR count). The van der Waals surface area contributed by atoms with E-state index in [1.165, 1.54) is 23.0 Å². The van der Waals surface area contributed by atoms with Gasteiger partial charge in [-0.2, -0.15) is 0 Å². The molecular weight excluding hydrogens is 656 g/mol. The monoisotopic (exact) mass is 688 g/mol. The second-order valence-corrected chi connectivity index (χ2v) is 11.1. The third-order valence-electron chi connectivity index (χ3n) is 6.54. The van der Waals surface area contributed by atoms with Gasteiger partial charge in [-0.3, -0.25) is 9.36 Å². The van der Waals surface area contributed by atoms with Gasteiger partial charge >= 0.3 is 11.9 Å². The molecule has 0 bridgehead atoms. The van der Waals surface area contributed by atoms with Crippen molar-refractivity contribution in [1.82, 2.24) is 4.57 Å². The minimum Gasteiger partial charge on any atom is -0.493 e. The van der Waals surface area contributed by atoms with Crippen LogP contribution in [-0.4, -0.2) is 57.2 Å². The third-order valence-corrected chi connectivity index (χ3v) is 8.21. The second-order valence-electron chi connectivity index (χ2n) is 9.26. The molecule has 3 aromatic rings. The molecule has 234 valence electrons. The van der Waals surface area contributed by atoms with Gasteiger partial charge in [-0.05, 0) is 69.2 Å². The maximum Gasteiger partial charge on any atom is 0.343 e. The number of aromatic nitrogens is 1. The molecule has 44 heavy (non-hydrogen) atoms. The fraction of sp³-hybridized carbons (Fsp3) is 0.355. The quantitative estimate of drug-likeness (QED) is 0.261. The Kier molecular flexibility index (Phi) is 10.9. The van der Waals surface area contributed by atoms with E-state index in [4.69, 9.17) is 23.7 Å². The molecule has 0 unspecified atom stereocenters. The van der Waals surface area contributed by atoms with Gasteiger partial charge in [-0.1, -0.05) is 33.3 Å². The fourth-order valence-corrected chi connectivity index (χ4v) is 6.09. The first-order valence-electron chi connectivity index (χ1n) is 13.8. The highest BCUT2D eigenvalue weighted by atomic mass is 79.9. The first-order chi connectivity index (χ1) is 21.2. The molecule has 0 spiro atoms. The maximum atomic E-state index is 14.1. The average molecular weight is 690 g/mol. The summed E-state index contributed by atoms with van der Waals surface area (Å²) in [5.41, 5.74) is 1.55. The molecule has 0 aliphatic carbocycles. The van der Waals surface area contributed by atoms with Crippen LogP contribution in [-0.2, 0) is 19.1 Å². The molecule has 0 N–H and O–H groups in total. The number of carbonyl (C=O) groups is 2. The molecule has 0 amide bonds.